The van der Waals surface area contributed by atoms with E-state index in [1.807, 2.05) is 13.8 Å². The van der Waals surface area contributed by atoms with Crippen LogP contribution in [0.3, 0.4) is 0 Å². The van der Waals surface area contributed by atoms with Crippen LogP contribution in [-0.2, 0) is 16.1 Å². The van der Waals surface area contributed by atoms with Gasteiger partial charge in [0, 0.05) is 6.54 Å². The molecule has 1 N–H and O–H groups in total. The molecule has 1 amide bonds. The summed E-state index contributed by atoms with van der Waals surface area (Å²) in [6.45, 7) is 6.11. The normalized spacial score (nSPS) is 11.0. The molecule has 2 aromatic rings. The molecule has 2 rings (SSSR count). The summed E-state index contributed by atoms with van der Waals surface area (Å²) in [5.74, 6) is -0.410. The number of fused-ring (bicyclic) bond motifs is 1. The zero-order valence-corrected chi connectivity index (χ0v) is 14.3. The molecule has 0 saturated heterocycles. The molecule has 23 heavy (non-hydrogen) atoms. The van der Waals surface area contributed by atoms with Crippen molar-refractivity contribution >= 4 is 33.4 Å². The first-order chi connectivity index (χ1) is 10.8. The smallest absolute Gasteiger partial charge is 0.348 e. The van der Waals surface area contributed by atoms with Crippen LogP contribution in [0.25, 0.3) is 10.2 Å². The highest BCUT2D eigenvalue weighted by Gasteiger charge is 2.20. The fourth-order valence-electron chi connectivity index (χ4n) is 2.09. The lowest BCUT2D eigenvalue weighted by Crippen LogP contribution is -2.34. The predicted molar refractivity (Wildman–Crippen MR) is 87.8 cm³/mol. The second-order valence-electron chi connectivity index (χ2n) is 5.60. The lowest BCUT2D eigenvalue weighted by molar-refractivity contribution is -0.121. The second kappa shape index (κ2) is 6.91. The van der Waals surface area contributed by atoms with Crippen molar-refractivity contribution in [2.24, 2.45) is 5.92 Å². The number of aromatic nitrogens is 2. The molecular formula is C15H19N3O4S. The number of hydrogen-bond donors (Lipinski definition) is 1. The Bertz CT molecular complexity index is 807. The van der Waals surface area contributed by atoms with Gasteiger partial charge in [-0.05, 0) is 18.4 Å². The van der Waals surface area contributed by atoms with Crippen molar-refractivity contribution in [3.63, 3.8) is 0 Å². The van der Waals surface area contributed by atoms with Gasteiger partial charge in [0.1, 0.15) is 16.3 Å². The summed E-state index contributed by atoms with van der Waals surface area (Å²) >= 11 is 1.11. The van der Waals surface area contributed by atoms with E-state index in [1.54, 1.807) is 6.92 Å². The Labute approximate surface area is 137 Å². The first-order valence-corrected chi connectivity index (χ1v) is 8.00. The van der Waals surface area contributed by atoms with Gasteiger partial charge in [0.2, 0.25) is 5.91 Å². The Morgan fingerprint density at radius 2 is 2.13 bits per heavy atom. The molecule has 0 saturated carbocycles. The Hall–Kier alpha value is -2.22. The highest BCUT2D eigenvalue weighted by molar-refractivity contribution is 7.20. The highest BCUT2D eigenvalue weighted by atomic mass is 32.1. The summed E-state index contributed by atoms with van der Waals surface area (Å²) in [5.41, 5.74) is 0.199. The van der Waals surface area contributed by atoms with E-state index in [9.17, 15) is 14.4 Å². The molecule has 0 spiro atoms. The summed E-state index contributed by atoms with van der Waals surface area (Å²) < 4.78 is 5.96. The molecule has 0 unspecified atom stereocenters. The van der Waals surface area contributed by atoms with E-state index < -0.39 is 5.97 Å². The van der Waals surface area contributed by atoms with Gasteiger partial charge in [0.05, 0.1) is 18.8 Å². The first kappa shape index (κ1) is 17.1. The van der Waals surface area contributed by atoms with Crippen LogP contribution in [-0.4, -0.2) is 35.1 Å². The third-order valence-corrected chi connectivity index (χ3v) is 4.49. The fourth-order valence-corrected chi connectivity index (χ4v) is 3.15. The maximum absolute atomic E-state index is 12.5. The molecule has 0 aliphatic rings. The van der Waals surface area contributed by atoms with Gasteiger partial charge in [-0.15, -0.1) is 11.3 Å². The maximum atomic E-state index is 12.5. The molecule has 0 aliphatic heterocycles. The van der Waals surface area contributed by atoms with E-state index in [1.165, 1.54) is 18.0 Å². The van der Waals surface area contributed by atoms with Crippen molar-refractivity contribution in [2.75, 3.05) is 13.7 Å². The summed E-state index contributed by atoms with van der Waals surface area (Å²) in [6.07, 6.45) is 1.33. The SMILES string of the molecule is COC(=O)c1sc2ncn(CC(=O)NCC(C)C)c(=O)c2c1C. The number of carbonyl (C=O) groups is 2. The van der Waals surface area contributed by atoms with Crippen LogP contribution in [0, 0.1) is 12.8 Å². The molecule has 124 valence electrons. The zero-order valence-electron chi connectivity index (χ0n) is 13.5. The number of aryl methyl sites for hydroxylation is 1. The van der Waals surface area contributed by atoms with E-state index in [-0.39, 0.29) is 18.0 Å². The fraction of sp³-hybridized carbons (Fsp3) is 0.467. The molecule has 2 heterocycles. The van der Waals surface area contributed by atoms with Crippen LogP contribution in [0.4, 0.5) is 0 Å². The molecule has 2 aromatic heterocycles. The molecule has 0 fully saturated rings. The van der Waals surface area contributed by atoms with Crippen LogP contribution in [0.1, 0.15) is 29.1 Å². The summed E-state index contributed by atoms with van der Waals surface area (Å²) in [5, 5.41) is 3.11. The quantitative estimate of drug-likeness (QED) is 0.831. The minimum atomic E-state index is -0.494. The van der Waals surface area contributed by atoms with E-state index >= 15 is 0 Å². The molecule has 8 heteroatoms. The van der Waals surface area contributed by atoms with Gasteiger partial charge in [-0.1, -0.05) is 13.8 Å². The Balaban J connectivity index is 2.35. The minimum Gasteiger partial charge on any atom is -0.465 e. The van der Waals surface area contributed by atoms with Gasteiger partial charge < -0.3 is 10.1 Å². The van der Waals surface area contributed by atoms with Crippen molar-refractivity contribution in [2.45, 2.75) is 27.3 Å². The zero-order chi connectivity index (χ0) is 17.1. The molecule has 0 aromatic carbocycles. The highest BCUT2D eigenvalue weighted by Crippen LogP contribution is 2.27. The van der Waals surface area contributed by atoms with Crippen molar-refractivity contribution in [1.29, 1.82) is 0 Å². The topological polar surface area (TPSA) is 90.3 Å². The van der Waals surface area contributed by atoms with E-state index in [2.05, 4.69) is 10.3 Å². The number of rotatable bonds is 5. The number of hydrogen-bond acceptors (Lipinski definition) is 6. The summed E-state index contributed by atoms with van der Waals surface area (Å²) in [4.78, 5) is 41.1. The van der Waals surface area contributed by atoms with Crippen molar-refractivity contribution in [3.05, 3.63) is 27.1 Å². The number of methoxy groups -OCH3 is 1. The van der Waals surface area contributed by atoms with Crippen molar-refractivity contribution in [3.8, 4) is 0 Å². The largest absolute Gasteiger partial charge is 0.465 e. The van der Waals surface area contributed by atoms with Gasteiger partial charge in [-0.3, -0.25) is 14.2 Å². The van der Waals surface area contributed by atoms with Crippen LogP contribution < -0.4 is 10.9 Å². The average Bonchev–Trinajstić information content (AvgIpc) is 2.85. The minimum absolute atomic E-state index is 0.0999. The van der Waals surface area contributed by atoms with Gasteiger partial charge in [-0.25, -0.2) is 9.78 Å². The van der Waals surface area contributed by atoms with Crippen LogP contribution in [0.2, 0.25) is 0 Å². The van der Waals surface area contributed by atoms with E-state index in [0.29, 0.717) is 33.1 Å². The second-order valence-corrected chi connectivity index (χ2v) is 6.60. The van der Waals surface area contributed by atoms with E-state index in [4.69, 9.17) is 4.74 Å². The lowest BCUT2D eigenvalue weighted by Gasteiger charge is -2.09. The number of carbonyl (C=O) groups excluding carboxylic acids is 2. The number of thiophene rings is 1. The number of esters is 1. The van der Waals surface area contributed by atoms with Crippen molar-refractivity contribution in [1.82, 2.24) is 14.9 Å². The van der Waals surface area contributed by atoms with Crippen LogP contribution in [0.5, 0.6) is 0 Å². The third kappa shape index (κ3) is 3.58. The van der Waals surface area contributed by atoms with Gasteiger partial charge >= 0.3 is 5.97 Å². The Morgan fingerprint density at radius 3 is 2.74 bits per heavy atom. The average molecular weight is 337 g/mol. The molecule has 0 bridgehead atoms. The Kier molecular flexibility index (Phi) is 5.15. The third-order valence-electron chi connectivity index (χ3n) is 3.31. The number of ether oxygens (including phenoxy) is 1. The van der Waals surface area contributed by atoms with Crippen molar-refractivity contribution < 1.29 is 14.3 Å². The van der Waals surface area contributed by atoms with Crippen LogP contribution >= 0.6 is 11.3 Å². The van der Waals surface area contributed by atoms with Crippen LogP contribution in [0.15, 0.2) is 11.1 Å². The Morgan fingerprint density at radius 1 is 1.43 bits per heavy atom. The first-order valence-electron chi connectivity index (χ1n) is 7.18. The molecule has 0 radical (unpaired) electrons. The van der Waals surface area contributed by atoms with Gasteiger partial charge in [0.25, 0.3) is 5.56 Å². The summed E-state index contributed by atoms with van der Waals surface area (Å²) in [7, 11) is 1.29. The van der Waals surface area contributed by atoms with Gasteiger partial charge in [-0.2, -0.15) is 0 Å². The number of nitrogens with one attached hydrogen (secondary N) is 1. The molecule has 7 nitrogen and oxygen atoms in total. The molecule has 0 atom stereocenters. The monoisotopic (exact) mass is 337 g/mol. The summed E-state index contributed by atoms with van der Waals surface area (Å²) in [6, 6.07) is 0. The maximum Gasteiger partial charge on any atom is 0.348 e. The van der Waals surface area contributed by atoms with E-state index in [0.717, 1.165) is 11.3 Å². The van der Waals surface area contributed by atoms with Gasteiger partial charge in [0.15, 0.2) is 0 Å². The number of amides is 1. The predicted octanol–water partition coefficient (Wildman–Crippen LogP) is 1.33. The standard InChI is InChI=1S/C15H19N3O4S/c1-8(2)5-16-10(19)6-18-7-17-13-11(14(18)20)9(3)12(23-13)15(21)22-4/h7-8H,5-6H2,1-4H3,(H,16,19). The molecule has 0 aliphatic carbocycles. The molecular weight excluding hydrogens is 318 g/mol. The number of nitrogens with zero attached hydrogens (tertiary/aromatic N) is 2. The lowest BCUT2D eigenvalue weighted by atomic mass is 10.2.